The maximum atomic E-state index is 12.8. The molecule has 4 saturated carbocycles. The van der Waals surface area contributed by atoms with Crippen molar-refractivity contribution in [3.63, 3.8) is 0 Å². The maximum Gasteiger partial charge on any atom is 1.00 e. The van der Waals surface area contributed by atoms with Gasteiger partial charge in [0.05, 0.1) is 25.9 Å². The van der Waals surface area contributed by atoms with Crippen LogP contribution < -0.4 is 296 Å². The molecule has 111 heavy (non-hydrogen) atoms. The molecular formula is C45H68Na10O46S10. The third-order valence-electron chi connectivity index (χ3n) is 19.2. The second-order valence-corrected chi connectivity index (χ2v) is 36.1. The molecule has 7 rings (SSSR count). The average Bonchev–Trinajstić information content (AvgIpc) is 1.68. The summed E-state index contributed by atoms with van der Waals surface area (Å²) in [4.78, 5) is 0. The minimum absolute atomic E-state index is 0. The van der Waals surface area contributed by atoms with Gasteiger partial charge in [0.1, 0.15) is 54.9 Å². The molecule has 0 amide bonds. The summed E-state index contributed by atoms with van der Waals surface area (Å²) in [5.74, 6) is 2.13. The van der Waals surface area contributed by atoms with Crippen LogP contribution in [0.25, 0.3) is 0 Å². The minimum Gasteiger partial charge on any atom is -0.726 e. The van der Waals surface area contributed by atoms with Crippen LogP contribution in [-0.2, 0) is 174 Å². The Morgan fingerprint density at radius 1 is 0.342 bits per heavy atom. The molecule has 594 valence electrons. The monoisotopic (exact) mass is 1890 g/mol. The first-order valence-electron chi connectivity index (χ1n) is 29.9. The maximum absolute atomic E-state index is 12.8. The van der Waals surface area contributed by atoms with Gasteiger partial charge in [-0.1, -0.05) is 53.9 Å². The molecule has 24 atom stereocenters. The Kier molecular flexibility index (Phi) is 56.9. The molecule has 0 bridgehead atoms. The molecule has 3 heterocycles. The van der Waals surface area contributed by atoms with E-state index in [1.807, 2.05) is 0 Å². The summed E-state index contributed by atoms with van der Waals surface area (Å²) < 4.78 is 444. The quantitative estimate of drug-likeness (QED) is 0.0250. The molecule has 0 aromatic rings. The van der Waals surface area contributed by atoms with E-state index >= 15 is 0 Å². The summed E-state index contributed by atoms with van der Waals surface area (Å²) in [5, 5.41) is 0. The normalized spacial score (nSPS) is 34.4. The predicted molar refractivity (Wildman–Crippen MR) is 303 cm³/mol. The van der Waals surface area contributed by atoms with Gasteiger partial charge in [-0.05, 0) is 110 Å². The van der Waals surface area contributed by atoms with E-state index < -0.39 is 227 Å². The fourth-order valence-corrected chi connectivity index (χ4v) is 20.0. The van der Waals surface area contributed by atoms with Crippen molar-refractivity contribution < 1.29 is 496 Å². The van der Waals surface area contributed by atoms with E-state index in [-0.39, 0.29) is 326 Å². The van der Waals surface area contributed by atoms with Crippen LogP contribution in [0.1, 0.15) is 112 Å². The molecule has 66 heteroatoms. The van der Waals surface area contributed by atoms with Gasteiger partial charge in [-0.3, -0.25) is 41.8 Å². The van der Waals surface area contributed by atoms with Gasteiger partial charge in [-0.2, -0.15) is 0 Å². The Morgan fingerprint density at radius 3 is 0.991 bits per heavy atom. The first kappa shape index (κ1) is 126. The number of fused-ring (bicyclic) bond motifs is 5. The number of hydrogen-bond acceptors (Lipinski definition) is 46. The van der Waals surface area contributed by atoms with E-state index in [2.05, 4.69) is 76.4 Å². The van der Waals surface area contributed by atoms with Crippen molar-refractivity contribution in [1.82, 2.24) is 0 Å². The van der Waals surface area contributed by atoms with Gasteiger partial charge in [0.25, 0.3) is 0 Å². The van der Waals surface area contributed by atoms with E-state index in [4.69, 9.17) is 28.4 Å². The van der Waals surface area contributed by atoms with Crippen LogP contribution in [0.3, 0.4) is 0 Å². The average molecular weight is 1900 g/mol. The van der Waals surface area contributed by atoms with Crippen LogP contribution in [-0.4, -0.2) is 248 Å². The molecule has 3 aliphatic heterocycles. The van der Waals surface area contributed by atoms with E-state index in [9.17, 15) is 130 Å². The molecule has 7 unspecified atom stereocenters. The second-order valence-electron chi connectivity index (χ2n) is 25.9. The zero-order chi connectivity index (χ0) is 76.2. The Balaban J connectivity index is -0.00000572. The number of hydrogen-bond donors (Lipinski definition) is 0. The van der Waals surface area contributed by atoms with E-state index in [0.717, 1.165) is 51.4 Å². The summed E-state index contributed by atoms with van der Waals surface area (Å²) in [6, 6.07) is 0. The van der Waals surface area contributed by atoms with Crippen molar-refractivity contribution in [3.05, 3.63) is 0 Å². The van der Waals surface area contributed by atoms with E-state index in [1.165, 1.54) is 0 Å². The largest absolute Gasteiger partial charge is 1.00 e. The van der Waals surface area contributed by atoms with Gasteiger partial charge in [0.15, 0.2) is 37.2 Å². The molecule has 3 saturated heterocycles. The van der Waals surface area contributed by atoms with Crippen LogP contribution in [0.4, 0.5) is 0 Å². The molecule has 0 aromatic carbocycles. The Morgan fingerprint density at radius 2 is 0.649 bits per heavy atom. The molecule has 0 aromatic heterocycles. The van der Waals surface area contributed by atoms with Gasteiger partial charge < -0.3 is 73.9 Å². The fraction of sp³-hybridized carbons (Fsp3) is 1.00. The van der Waals surface area contributed by atoms with Gasteiger partial charge >= 0.3 is 296 Å². The molecule has 7 fully saturated rings. The Bertz CT molecular complexity index is 4130. The van der Waals surface area contributed by atoms with Crippen molar-refractivity contribution in [2.45, 2.75) is 210 Å². The van der Waals surface area contributed by atoms with E-state index in [0.29, 0.717) is 42.4 Å². The molecule has 0 radical (unpaired) electrons. The fourth-order valence-electron chi connectivity index (χ4n) is 15.7. The molecular weight excluding hydrogens is 1830 g/mol. The first-order valence-corrected chi connectivity index (χ1v) is 43.2. The van der Waals surface area contributed by atoms with Gasteiger partial charge in [0, 0.05) is 0 Å². The summed E-state index contributed by atoms with van der Waals surface area (Å²) in [7, 11) is -65.4. The molecule has 46 nitrogen and oxygen atoms in total. The van der Waals surface area contributed by atoms with Crippen LogP contribution in [0, 0.1) is 52.3 Å². The summed E-state index contributed by atoms with van der Waals surface area (Å²) in [5.41, 5.74) is -0.351. The van der Waals surface area contributed by atoms with E-state index in [1.54, 1.807) is 0 Å². The number of ether oxygens (including phenoxy) is 6. The predicted octanol–water partition coefficient (Wildman–Crippen LogP) is -34.2. The third kappa shape index (κ3) is 39.6. The summed E-state index contributed by atoms with van der Waals surface area (Å²) in [6.07, 6.45) is -44.0. The van der Waals surface area contributed by atoms with Crippen LogP contribution in [0.5, 0.6) is 0 Å². The van der Waals surface area contributed by atoms with Gasteiger partial charge in [0.2, 0.25) is 104 Å². The SMILES string of the molecule is CC(C)CCC[C@@H](C)[C@H]1CC[C@H]2[C@@H]3CCC4CC(OC5O[C@H](COS(=O)(=O)[O-])C(OC6O[C@H](COS(=O)(=O)[O-])C(OC7O[C@H](COS(=O)(=O)[O-])[C@@H](OS(=O)(=O)[O-])[C@H](OS(=O)(=O)[O-])[C@H]7OS(=O)(=O)[O-])[C@H](OS(=O)(=O)[O-])[C@H]6OS(=O)(=O)[O-])[C@H](OS(=O)(=O)[O-])[C@H]5OS(=O)(=O)[O-])CC[C@]4(C)[C@H]3CC[C@]12C.[Na+].[Na+].[Na+].[Na+].[Na+].[Na+].[Na+].[Na+].[Na+].[Na+]. The van der Waals surface area contributed by atoms with Crippen molar-refractivity contribution in [2.75, 3.05) is 19.8 Å². The van der Waals surface area contributed by atoms with Gasteiger partial charge in [-0.25, -0.2) is 84.2 Å². The Hall–Kier alpha value is 8.46. The summed E-state index contributed by atoms with van der Waals surface area (Å²) >= 11 is 0. The molecule has 0 spiro atoms. The second kappa shape index (κ2) is 50.2. The van der Waals surface area contributed by atoms with Gasteiger partial charge in [-0.15, -0.1) is 0 Å². The Labute approximate surface area is 866 Å². The van der Waals surface area contributed by atoms with Crippen molar-refractivity contribution in [2.24, 2.45) is 52.3 Å². The zero-order valence-electron chi connectivity index (χ0n) is 62.7. The molecule has 0 N–H and O–H groups in total. The van der Waals surface area contributed by atoms with Crippen molar-refractivity contribution in [3.8, 4) is 0 Å². The third-order valence-corrected chi connectivity index (χ3v) is 23.7. The number of rotatable bonds is 34. The van der Waals surface area contributed by atoms with Crippen molar-refractivity contribution in [1.29, 1.82) is 0 Å². The zero-order valence-corrected chi connectivity index (χ0v) is 90.9. The van der Waals surface area contributed by atoms with Crippen LogP contribution in [0.15, 0.2) is 0 Å². The standard InChI is InChI=1S/C45H78O46S10.10Na/c1-21(2)7-6-8-22(3)26-11-12-27-25-10-9-23-17-24(13-15-44(23,4)28(25)14-16-45(26,27)5)79-41-38(89-99(67,68)69)35(86-96(58,59)60)32(29(80-41)18-76-92(46,47)48)83-42-39(90-100(70,71)72)36(87-97(61,62)63)33(30(81-42)19-77-93(49,50)51)84-43-40(91-101(73,74)75)37(88-98(64,65)66)34(85-95(55,56)57)31(82-43)20-78-94(52,53)54;;;;;;;;;;/h21-43H,6-20H2,1-5H3,(H,46,47,48)(H,49,50,51)(H,52,53,54)(H,55,56,57)(H,58,59,60)(H,61,62,63)(H,64,65,66)(H,67,68,69)(H,70,71,72)(H,73,74,75);;;;;;;;;;/q;10*+1/p-10/t22-,23?,24?,25+,26-,27+,28+,29-,30-,31-,32?,33?,34-,35+,36+,37+,38-,39-,40-,41?,42?,43?,44+,45-;;;;;;;;;;/m1........../s1. The van der Waals surface area contributed by atoms with Crippen molar-refractivity contribution >= 4 is 104 Å². The summed E-state index contributed by atoms with van der Waals surface area (Å²) in [6.45, 7) is 4.61. The minimum atomic E-state index is -6.88. The van der Waals surface area contributed by atoms with Crippen LogP contribution >= 0.6 is 0 Å². The first-order chi connectivity index (χ1) is 45.7. The smallest absolute Gasteiger partial charge is 0.726 e. The topological polar surface area (TPSA) is 720 Å². The molecule has 7 aliphatic rings. The molecule has 4 aliphatic carbocycles. The van der Waals surface area contributed by atoms with Crippen LogP contribution in [0.2, 0.25) is 0 Å².